The fraction of sp³-hybridized carbons (Fsp3) is 0.0714. The standard InChI is InChI=1S/C14H10ClFO3/c1-19-9-3-4-10(12(7-9)14(17)18)11-6-8(16)2-5-13(11)15/h2-7H,1H3,(H,17,18). The lowest BCUT2D eigenvalue weighted by atomic mass is 9.99. The molecule has 0 aliphatic carbocycles. The summed E-state index contributed by atoms with van der Waals surface area (Å²) in [6, 6.07) is 8.33. The summed E-state index contributed by atoms with van der Waals surface area (Å²) in [5.74, 6) is -1.20. The Morgan fingerprint density at radius 1 is 1.21 bits per heavy atom. The van der Waals surface area contributed by atoms with Crippen molar-refractivity contribution in [3.8, 4) is 16.9 Å². The Morgan fingerprint density at radius 2 is 1.95 bits per heavy atom. The number of carbonyl (C=O) groups is 1. The van der Waals surface area contributed by atoms with E-state index in [4.69, 9.17) is 16.3 Å². The van der Waals surface area contributed by atoms with E-state index in [1.54, 1.807) is 12.1 Å². The fourth-order valence-electron chi connectivity index (χ4n) is 1.77. The van der Waals surface area contributed by atoms with E-state index in [2.05, 4.69) is 0 Å². The van der Waals surface area contributed by atoms with Gasteiger partial charge in [-0.25, -0.2) is 9.18 Å². The third-order valence-corrected chi connectivity index (χ3v) is 3.01. The van der Waals surface area contributed by atoms with Crippen molar-refractivity contribution in [3.05, 3.63) is 52.8 Å². The van der Waals surface area contributed by atoms with Gasteiger partial charge >= 0.3 is 5.97 Å². The van der Waals surface area contributed by atoms with Crippen LogP contribution in [0, 0.1) is 5.82 Å². The van der Waals surface area contributed by atoms with E-state index in [0.29, 0.717) is 16.9 Å². The normalized spacial score (nSPS) is 10.3. The highest BCUT2D eigenvalue weighted by atomic mass is 35.5. The molecule has 0 saturated heterocycles. The molecule has 5 heteroatoms. The van der Waals surface area contributed by atoms with Crippen molar-refractivity contribution in [3.63, 3.8) is 0 Å². The quantitative estimate of drug-likeness (QED) is 0.929. The lowest BCUT2D eigenvalue weighted by Crippen LogP contribution is -2.01. The van der Waals surface area contributed by atoms with Crippen LogP contribution in [0.1, 0.15) is 10.4 Å². The summed E-state index contributed by atoms with van der Waals surface area (Å²) in [4.78, 5) is 11.3. The second kappa shape index (κ2) is 5.28. The van der Waals surface area contributed by atoms with Crippen molar-refractivity contribution >= 4 is 17.6 Å². The highest BCUT2D eigenvalue weighted by molar-refractivity contribution is 6.33. The number of aromatic carboxylic acids is 1. The number of carboxylic acid groups (broad SMARTS) is 1. The molecule has 0 spiro atoms. The molecule has 98 valence electrons. The molecule has 0 atom stereocenters. The average Bonchev–Trinajstić information content (AvgIpc) is 2.40. The molecule has 0 saturated carbocycles. The van der Waals surface area contributed by atoms with Crippen LogP contribution < -0.4 is 4.74 Å². The fourth-order valence-corrected chi connectivity index (χ4v) is 1.99. The lowest BCUT2D eigenvalue weighted by Gasteiger charge is -2.10. The molecule has 1 N–H and O–H groups in total. The molecular weight excluding hydrogens is 271 g/mol. The van der Waals surface area contributed by atoms with E-state index >= 15 is 0 Å². The van der Waals surface area contributed by atoms with Crippen LogP contribution in [0.15, 0.2) is 36.4 Å². The van der Waals surface area contributed by atoms with Gasteiger partial charge in [-0.2, -0.15) is 0 Å². The number of hydrogen-bond donors (Lipinski definition) is 1. The SMILES string of the molecule is COc1ccc(-c2cc(F)ccc2Cl)c(C(=O)O)c1. The van der Waals surface area contributed by atoms with Gasteiger partial charge in [0.2, 0.25) is 0 Å². The minimum Gasteiger partial charge on any atom is -0.497 e. The van der Waals surface area contributed by atoms with Gasteiger partial charge in [-0.05, 0) is 42.0 Å². The Bertz CT molecular complexity index is 641. The Kier molecular flexibility index (Phi) is 3.71. The van der Waals surface area contributed by atoms with Crippen LogP contribution in [-0.4, -0.2) is 18.2 Å². The van der Waals surface area contributed by atoms with Crippen molar-refractivity contribution < 1.29 is 19.0 Å². The zero-order chi connectivity index (χ0) is 14.0. The number of halogens is 2. The summed E-state index contributed by atoms with van der Waals surface area (Å²) in [6.07, 6.45) is 0. The summed E-state index contributed by atoms with van der Waals surface area (Å²) in [7, 11) is 1.44. The second-order valence-electron chi connectivity index (χ2n) is 3.84. The Morgan fingerprint density at radius 3 is 2.58 bits per heavy atom. The van der Waals surface area contributed by atoms with Crippen molar-refractivity contribution in [2.24, 2.45) is 0 Å². The van der Waals surface area contributed by atoms with Gasteiger partial charge in [-0.1, -0.05) is 11.6 Å². The van der Waals surface area contributed by atoms with Gasteiger partial charge in [0, 0.05) is 10.6 Å². The van der Waals surface area contributed by atoms with E-state index < -0.39 is 11.8 Å². The summed E-state index contributed by atoms with van der Waals surface area (Å²) in [6.45, 7) is 0. The molecule has 19 heavy (non-hydrogen) atoms. The van der Waals surface area contributed by atoms with Crippen LogP contribution in [-0.2, 0) is 0 Å². The summed E-state index contributed by atoms with van der Waals surface area (Å²) in [5.41, 5.74) is 0.686. The number of carboxylic acids is 1. The summed E-state index contributed by atoms with van der Waals surface area (Å²) >= 11 is 5.99. The number of benzene rings is 2. The first-order valence-corrected chi connectivity index (χ1v) is 5.77. The minimum absolute atomic E-state index is 0.00634. The Balaban J connectivity index is 2.67. The molecule has 0 aliphatic heterocycles. The first kappa shape index (κ1) is 13.4. The van der Waals surface area contributed by atoms with Crippen LogP contribution in [0.25, 0.3) is 11.1 Å². The number of rotatable bonds is 3. The molecule has 3 nitrogen and oxygen atoms in total. The summed E-state index contributed by atoms with van der Waals surface area (Å²) in [5, 5.41) is 9.50. The third kappa shape index (κ3) is 2.69. The topological polar surface area (TPSA) is 46.5 Å². The van der Waals surface area contributed by atoms with Crippen molar-refractivity contribution in [2.45, 2.75) is 0 Å². The molecule has 0 bridgehead atoms. The first-order valence-electron chi connectivity index (χ1n) is 5.39. The van der Waals surface area contributed by atoms with E-state index in [-0.39, 0.29) is 10.6 Å². The molecule has 0 fully saturated rings. The highest BCUT2D eigenvalue weighted by Crippen LogP contribution is 2.33. The van der Waals surface area contributed by atoms with Gasteiger partial charge in [0.15, 0.2) is 0 Å². The van der Waals surface area contributed by atoms with Gasteiger partial charge in [0.1, 0.15) is 11.6 Å². The predicted octanol–water partition coefficient (Wildman–Crippen LogP) is 3.85. The van der Waals surface area contributed by atoms with Crippen LogP contribution in [0.3, 0.4) is 0 Å². The van der Waals surface area contributed by atoms with Crippen LogP contribution in [0.2, 0.25) is 5.02 Å². The third-order valence-electron chi connectivity index (χ3n) is 2.68. The maximum atomic E-state index is 13.3. The van der Waals surface area contributed by atoms with Gasteiger partial charge in [0.05, 0.1) is 12.7 Å². The molecule has 2 rings (SSSR count). The first-order chi connectivity index (χ1) is 9.02. The van der Waals surface area contributed by atoms with Gasteiger partial charge in [0.25, 0.3) is 0 Å². The minimum atomic E-state index is -1.13. The maximum absolute atomic E-state index is 13.3. The van der Waals surface area contributed by atoms with E-state index in [1.807, 2.05) is 0 Å². The Hall–Kier alpha value is -2.07. The molecule has 0 aromatic heterocycles. The van der Waals surface area contributed by atoms with Gasteiger partial charge < -0.3 is 9.84 Å². The molecule has 2 aromatic carbocycles. The molecule has 2 aromatic rings. The van der Waals surface area contributed by atoms with Crippen LogP contribution >= 0.6 is 11.6 Å². The van der Waals surface area contributed by atoms with Crippen molar-refractivity contribution in [1.82, 2.24) is 0 Å². The predicted molar refractivity (Wildman–Crippen MR) is 70.4 cm³/mol. The average molecular weight is 281 g/mol. The van der Waals surface area contributed by atoms with E-state index in [0.717, 1.165) is 0 Å². The number of ether oxygens (including phenoxy) is 1. The molecule has 0 radical (unpaired) electrons. The monoisotopic (exact) mass is 280 g/mol. The van der Waals surface area contributed by atoms with Crippen molar-refractivity contribution in [2.75, 3.05) is 7.11 Å². The molecule has 0 unspecified atom stereocenters. The van der Waals surface area contributed by atoms with E-state index in [1.165, 1.54) is 31.4 Å². The maximum Gasteiger partial charge on any atom is 0.336 e. The second-order valence-corrected chi connectivity index (χ2v) is 4.25. The van der Waals surface area contributed by atoms with Gasteiger partial charge in [-0.3, -0.25) is 0 Å². The number of methoxy groups -OCH3 is 1. The zero-order valence-corrected chi connectivity index (χ0v) is 10.7. The summed E-state index contributed by atoms with van der Waals surface area (Å²) < 4.78 is 18.3. The van der Waals surface area contributed by atoms with Crippen LogP contribution in [0.5, 0.6) is 5.75 Å². The molecule has 0 aliphatic rings. The highest BCUT2D eigenvalue weighted by Gasteiger charge is 2.15. The smallest absolute Gasteiger partial charge is 0.336 e. The Labute approximate surface area is 114 Å². The zero-order valence-electron chi connectivity index (χ0n) is 9.98. The lowest BCUT2D eigenvalue weighted by molar-refractivity contribution is 0.0697. The van der Waals surface area contributed by atoms with Gasteiger partial charge in [-0.15, -0.1) is 0 Å². The molecular formula is C14H10ClFO3. The largest absolute Gasteiger partial charge is 0.497 e. The molecule has 0 amide bonds. The van der Waals surface area contributed by atoms with E-state index in [9.17, 15) is 14.3 Å². The molecule has 0 heterocycles. The van der Waals surface area contributed by atoms with Crippen LogP contribution in [0.4, 0.5) is 4.39 Å². The number of hydrogen-bond acceptors (Lipinski definition) is 2. The van der Waals surface area contributed by atoms with Crippen molar-refractivity contribution in [1.29, 1.82) is 0 Å².